The number of benzene rings is 4. The fourth-order valence-corrected chi connectivity index (χ4v) is 5.69. The van der Waals surface area contributed by atoms with Crippen molar-refractivity contribution in [3.05, 3.63) is 155 Å². The summed E-state index contributed by atoms with van der Waals surface area (Å²) in [5.41, 5.74) is 4.59. The molecule has 2 heterocycles. The first-order valence-electron chi connectivity index (χ1n) is 14.3. The fourth-order valence-electron chi connectivity index (χ4n) is 5.69. The van der Waals surface area contributed by atoms with Gasteiger partial charge in [0.1, 0.15) is 17.8 Å². The Bertz CT molecular complexity index is 1410. The number of hydrogen-bond donors (Lipinski definition) is 1. The van der Waals surface area contributed by atoms with E-state index in [2.05, 4.69) is 41.7 Å². The molecular formula is C36H35NO5. The van der Waals surface area contributed by atoms with E-state index in [-0.39, 0.29) is 19.1 Å². The van der Waals surface area contributed by atoms with Crippen molar-refractivity contribution in [1.29, 1.82) is 0 Å². The molecule has 0 unspecified atom stereocenters. The summed E-state index contributed by atoms with van der Waals surface area (Å²) in [6.45, 7) is 4.32. The predicted octanol–water partition coefficient (Wildman–Crippen LogP) is 6.29. The van der Waals surface area contributed by atoms with Crippen LogP contribution in [0.5, 0.6) is 0 Å². The van der Waals surface area contributed by atoms with Crippen LogP contribution in [0.1, 0.15) is 42.4 Å². The Morgan fingerprint density at radius 1 is 0.786 bits per heavy atom. The summed E-state index contributed by atoms with van der Waals surface area (Å²) < 4.78 is 26.3. The molecule has 0 spiro atoms. The molecule has 0 aromatic heterocycles. The van der Waals surface area contributed by atoms with Crippen LogP contribution in [0.15, 0.2) is 132 Å². The molecule has 4 atom stereocenters. The first kappa shape index (κ1) is 28.1. The topological polar surface area (TPSA) is 66.0 Å². The lowest BCUT2D eigenvalue weighted by Gasteiger charge is -2.43. The van der Waals surface area contributed by atoms with Gasteiger partial charge in [-0.25, -0.2) is 0 Å². The highest BCUT2D eigenvalue weighted by Crippen LogP contribution is 2.41. The lowest BCUT2D eigenvalue weighted by Crippen LogP contribution is -2.58. The molecular weight excluding hydrogens is 526 g/mol. The summed E-state index contributed by atoms with van der Waals surface area (Å²) in [7, 11) is 0. The smallest absolute Gasteiger partial charge is 0.253 e. The van der Waals surface area contributed by atoms with E-state index in [4.69, 9.17) is 18.9 Å². The van der Waals surface area contributed by atoms with E-state index in [9.17, 15) is 4.79 Å². The summed E-state index contributed by atoms with van der Waals surface area (Å²) in [5.74, 6) is -0.108. The largest absolute Gasteiger partial charge is 0.358 e. The normalized spacial score (nSPS) is 22.2. The average Bonchev–Trinajstić information content (AvgIpc) is 3.03. The minimum Gasteiger partial charge on any atom is -0.358 e. The average molecular weight is 562 g/mol. The standard InChI is InChI=1S/C36H35NO5/c1-25(2)32-33(38)37-34(32)41-30-23-39-35(26-15-7-3-8-16-26)42-31(30)24-40-36(27-17-9-4-10-18-27,28-19-11-5-12-20-28)29-21-13-6-14-22-29/h3-22,30-31,34-35H,23-24H2,1-2H3,(H,37,38)/t30-,31-,34+,35+/m1/s1. The summed E-state index contributed by atoms with van der Waals surface area (Å²) >= 11 is 0. The van der Waals surface area contributed by atoms with Gasteiger partial charge in [-0.3, -0.25) is 4.79 Å². The molecule has 1 amide bonds. The number of allylic oxidation sites excluding steroid dienone is 1. The quantitative estimate of drug-likeness (QED) is 0.148. The molecule has 2 aliphatic rings. The van der Waals surface area contributed by atoms with Gasteiger partial charge in [0.25, 0.3) is 5.91 Å². The molecule has 2 fully saturated rings. The van der Waals surface area contributed by atoms with Crippen molar-refractivity contribution in [2.24, 2.45) is 0 Å². The zero-order chi connectivity index (χ0) is 28.9. The van der Waals surface area contributed by atoms with E-state index in [0.29, 0.717) is 5.57 Å². The van der Waals surface area contributed by atoms with Gasteiger partial charge < -0.3 is 24.3 Å². The van der Waals surface area contributed by atoms with Crippen molar-refractivity contribution in [2.75, 3.05) is 13.2 Å². The van der Waals surface area contributed by atoms with Crippen molar-refractivity contribution in [1.82, 2.24) is 5.32 Å². The Morgan fingerprint density at radius 2 is 1.29 bits per heavy atom. The molecule has 0 bridgehead atoms. The highest BCUT2D eigenvalue weighted by molar-refractivity contribution is 6.01. The van der Waals surface area contributed by atoms with Crippen molar-refractivity contribution >= 4 is 5.91 Å². The van der Waals surface area contributed by atoms with Gasteiger partial charge in [0.15, 0.2) is 12.5 Å². The number of β-lactam (4-membered cyclic amide) rings is 1. The second-order valence-electron chi connectivity index (χ2n) is 10.8. The predicted molar refractivity (Wildman–Crippen MR) is 160 cm³/mol. The second kappa shape index (κ2) is 12.4. The summed E-state index contributed by atoms with van der Waals surface area (Å²) in [4.78, 5) is 12.2. The zero-order valence-corrected chi connectivity index (χ0v) is 23.8. The van der Waals surface area contributed by atoms with E-state index in [0.717, 1.165) is 27.8 Å². The molecule has 0 saturated carbocycles. The van der Waals surface area contributed by atoms with Gasteiger partial charge >= 0.3 is 0 Å². The Labute approximate surface area is 246 Å². The molecule has 214 valence electrons. The van der Waals surface area contributed by atoms with Crippen LogP contribution in [-0.4, -0.2) is 37.6 Å². The Balaban J connectivity index is 1.36. The van der Waals surface area contributed by atoms with Gasteiger partial charge in [0.05, 0.1) is 18.8 Å². The number of rotatable bonds is 9. The van der Waals surface area contributed by atoms with Crippen LogP contribution in [0.2, 0.25) is 0 Å². The first-order chi connectivity index (χ1) is 20.6. The molecule has 6 heteroatoms. The monoisotopic (exact) mass is 561 g/mol. The molecule has 2 aliphatic heterocycles. The van der Waals surface area contributed by atoms with Crippen LogP contribution >= 0.6 is 0 Å². The molecule has 4 aromatic carbocycles. The fraction of sp³-hybridized carbons (Fsp3) is 0.250. The number of ether oxygens (including phenoxy) is 4. The van der Waals surface area contributed by atoms with Crippen molar-refractivity contribution in [2.45, 2.75) is 44.2 Å². The Morgan fingerprint density at radius 3 is 1.76 bits per heavy atom. The minimum atomic E-state index is -0.909. The Kier molecular flexibility index (Phi) is 8.31. The van der Waals surface area contributed by atoms with E-state index in [1.165, 1.54) is 0 Å². The van der Waals surface area contributed by atoms with Crippen LogP contribution in [0.3, 0.4) is 0 Å². The summed E-state index contributed by atoms with van der Waals surface area (Å²) in [6.07, 6.45) is -2.06. The van der Waals surface area contributed by atoms with Gasteiger partial charge in [-0.05, 0) is 30.5 Å². The highest BCUT2D eigenvalue weighted by atomic mass is 16.7. The number of amides is 1. The number of nitrogens with one attached hydrogen (secondary N) is 1. The van der Waals surface area contributed by atoms with Crippen LogP contribution < -0.4 is 5.32 Å². The highest BCUT2D eigenvalue weighted by Gasteiger charge is 2.44. The molecule has 4 aromatic rings. The summed E-state index contributed by atoms with van der Waals surface area (Å²) in [5, 5.41) is 2.86. The van der Waals surface area contributed by atoms with Gasteiger partial charge in [0, 0.05) is 5.56 Å². The third-order valence-electron chi connectivity index (χ3n) is 7.82. The lowest BCUT2D eigenvalue weighted by atomic mass is 9.80. The van der Waals surface area contributed by atoms with Gasteiger partial charge in [-0.2, -0.15) is 0 Å². The van der Waals surface area contributed by atoms with Crippen LogP contribution in [0.4, 0.5) is 0 Å². The molecule has 0 aliphatic carbocycles. The van der Waals surface area contributed by atoms with Crippen molar-refractivity contribution in [3.63, 3.8) is 0 Å². The van der Waals surface area contributed by atoms with Crippen LogP contribution in [0.25, 0.3) is 0 Å². The number of carbonyl (C=O) groups excluding carboxylic acids is 1. The van der Waals surface area contributed by atoms with E-state index in [1.807, 2.05) is 98.8 Å². The first-order valence-corrected chi connectivity index (χ1v) is 14.3. The van der Waals surface area contributed by atoms with E-state index < -0.39 is 30.3 Å². The molecule has 6 nitrogen and oxygen atoms in total. The van der Waals surface area contributed by atoms with Crippen LogP contribution in [-0.2, 0) is 29.3 Å². The van der Waals surface area contributed by atoms with Crippen molar-refractivity contribution in [3.8, 4) is 0 Å². The summed E-state index contributed by atoms with van der Waals surface area (Å²) in [6, 6.07) is 40.6. The number of hydrogen-bond acceptors (Lipinski definition) is 5. The molecule has 1 N–H and O–H groups in total. The van der Waals surface area contributed by atoms with Gasteiger partial charge in [-0.15, -0.1) is 0 Å². The van der Waals surface area contributed by atoms with Crippen LogP contribution in [0, 0.1) is 0 Å². The molecule has 6 rings (SSSR count). The maximum Gasteiger partial charge on any atom is 0.253 e. The SMILES string of the molecule is CC(C)=C1C(=O)N[C@H]1O[C@@H]1CO[C@H](c2ccccc2)O[C@@H]1COC(c1ccccc1)(c1ccccc1)c1ccccc1. The number of carbonyl (C=O) groups is 1. The van der Waals surface area contributed by atoms with Crippen molar-refractivity contribution < 1.29 is 23.7 Å². The third kappa shape index (κ3) is 5.54. The van der Waals surface area contributed by atoms with Gasteiger partial charge in [-0.1, -0.05) is 127 Å². The maximum absolute atomic E-state index is 12.2. The van der Waals surface area contributed by atoms with E-state index >= 15 is 0 Å². The lowest BCUT2D eigenvalue weighted by molar-refractivity contribution is -0.285. The molecule has 42 heavy (non-hydrogen) atoms. The van der Waals surface area contributed by atoms with E-state index in [1.54, 1.807) is 0 Å². The second-order valence-corrected chi connectivity index (χ2v) is 10.8. The molecule has 0 radical (unpaired) electrons. The molecule has 2 saturated heterocycles. The zero-order valence-electron chi connectivity index (χ0n) is 23.8. The third-order valence-corrected chi connectivity index (χ3v) is 7.82. The van der Waals surface area contributed by atoms with Gasteiger partial charge in [0.2, 0.25) is 0 Å². The maximum atomic E-state index is 12.2. The Hall–Kier alpha value is -4.07. The minimum absolute atomic E-state index is 0.108.